The van der Waals surface area contributed by atoms with Gasteiger partial charge in [-0.2, -0.15) is 0 Å². The van der Waals surface area contributed by atoms with Crippen molar-refractivity contribution in [2.24, 2.45) is 0 Å². The number of aromatic hydroxyl groups is 1. The summed E-state index contributed by atoms with van der Waals surface area (Å²) < 4.78 is 0.966. The lowest BCUT2D eigenvalue weighted by molar-refractivity contribution is 0.0943. The highest BCUT2D eigenvalue weighted by molar-refractivity contribution is 9.10. The van der Waals surface area contributed by atoms with Gasteiger partial charge in [-0.25, -0.2) is 4.98 Å². The Balaban J connectivity index is 2.04. The van der Waals surface area contributed by atoms with Crippen LogP contribution in [-0.4, -0.2) is 16.0 Å². The van der Waals surface area contributed by atoms with Crippen LogP contribution in [0.5, 0.6) is 5.75 Å². The van der Waals surface area contributed by atoms with E-state index >= 15 is 0 Å². The number of nitrogens with one attached hydrogen (secondary N) is 1. The average molecular weight is 313 g/mol. The molecule has 2 N–H and O–H groups in total. The molecule has 0 saturated heterocycles. The zero-order valence-electron chi connectivity index (χ0n) is 8.68. The Morgan fingerprint density at radius 3 is 3.00 bits per heavy atom. The Hall–Kier alpha value is -1.40. The van der Waals surface area contributed by atoms with Gasteiger partial charge in [0.25, 0.3) is 5.91 Å². The molecule has 0 aliphatic carbocycles. The predicted octanol–water partition coefficient (Wildman–Crippen LogP) is 2.54. The topological polar surface area (TPSA) is 62.2 Å². The first-order valence-electron chi connectivity index (χ1n) is 4.82. The summed E-state index contributed by atoms with van der Waals surface area (Å²) in [4.78, 5) is 16.6. The molecule has 2 rings (SSSR count). The zero-order chi connectivity index (χ0) is 12.3. The van der Waals surface area contributed by atoms with E-state index in [2.05, 4.69) is 26.2 Å². The van der Waals surface area contributed by atoms with Gasteiger partial charge in [-0.1, -0.05) is 0 Å². The lowest BCUT2D eigenvalue weighted by Gasteiger charge is -2.04. The van der Waals surface area contributed by atoms with Gasteiger partial charge in [0.2, 0.25) is 0 Å². The smallest absolute Gasteiger partial charge is 0.274 e. The number of hydrogen-bond acceptors (Lipinski definition) is 4. The van der Waals surface area contributed by atoms with E-state index in [1.807, 2.05) is 11.4 Å². The summed E-state index contributed by atoms with van der Waals surface area (Å²) in [7, 11) is 0. The summed E-state index contributed by atoms with van der Waals surface area (Å²) in [6, 6.07) is 4.93. The van der Waals surface area contributed by atoms with Crippen molar-refractivity contribution in [2.75, 3.05) is 0 Å². The summed E-state index contributed by atoms with van der Waals surface area (Å²) in [6.07, 6.45) is 1.47. The SMILES string of the molecule is O=C(NCc1sccc1Br)c1ncccc1O. The van der Waals surface area contributed by atoms with Crippen LogP contribution in [0.3, 0.4) is 0 Å². The molecule has 0 aromatic carbocycles. The summed E-state index contributed by atoms with van der Waals surface area (Å²) in [5.41, 5.74) is 0.0418. The number of halogens is 1. The van der Waals surface area contributed by atoms with Crippen molar-refractivity contribution >= 4 is 33.2 Å². The van der Waals surface area contributed by atoms with Crippen LogP contribution in [0.1, 0.15) is 15.4 Å². The van der Waals surface area contributed by atoms with E-state index in [1.165, 1.54) is 12.3 Å². The van der Waals surface area contributed by atoms with Crippen LogP contribution in [0.15, 0.2) is 34.2 Å². The first kappa shape index (κ1) is 12.1. The van der Waals surface area contributed by atoms with Crippen LogP contribution in [0.25, 0.3) is 0 Å². The number of rotatable bonds is 3. The molecule has 0 aliphatic heterocycles. The Morgan fingerprint density at radius 2 is 2.35 bits per heavy atom. The monoisotopic (exact) mass is 312 g/mol. The second-order valence-electron chi connectivity index (χ2n) is 3.25. The van der Waals surface area contributed by atoms with Crippen LogP contribution >= 0.6 is 27.3 Å². The third-order valence-corrected chi connectivity index (χ3v) is 4.03. The van der Waals surface area contributed by atoms with Gasteiger partial charge in [-0.15, -0.1) is 11.3 Å². The molecule has 4 nitrogen and oxygen atoms in total. The van der Waals surface area contributed by atoms with Crippen LogP contribution < -0.4 is 5.32 Å². The lowest BCUT2D eigenvalue weighted by Crippen LogP contribution is -2.23. The van der Waals surface area contributed by atoms with Crippen LogP contribution in [0.4, 0.5) is 0 Å². The Kier molecular flexibility index (Phi) is 3.75. The highest BCUT2D eigenvalue weighted by Gasteiger charge is 2.12. The fourth-order valence-electron chi connectivity index (χ4n) is 1.27. The number of aromatic nitrogens is 1. The highest BCUT2D eigenvalue weighted by atomic mass is 79.9. The standard InChI is InChI=1S/C11H9BrN2O2S/c12-7-3-5-17-9(7)6-14-11(16)10-8(15)2-1-4-13-10/h1-5,15H,6H2,(H,14,16). The third kappa shape index (κ3) is 2.83. The molecule has 0 bridgehead atoms. The largest absolute Gasteiger partial charge is 0.505 e. The molecular weight excluding hydrogens is 304 g/mol. The van der Waals surface area contributed by atoms with Crippen molar-refractivity contribution in [1.82, 2.24) is 10.3 Å². The molecule has 17 heavy (non-hydrogen) atoms. The summed E-state index contributed by atoms with van der Waals surface area (Å²) in [5, 5.41) is 14.1. The minimum Gasteiger partial charge on any atom is -0.505 e. The summed E-state index contributed by atoms with van der Waals surface area (Å²) >= 11 is 4.93. The van der Waals surface area contributed by atoms with Crippen molar-refractivity contribution < 1.29 is 9.90 Å². The van der Waals surface area contributed by atoms with Crippen LogP contribution in [0, 0.1) is 0 Å². The van der Waals surface area contributed by atoms with E-state index in [9.17, 15) is 9.90 Å². The Morgan fingerprint density at radius 1 is 1.53 bits per heavy atom. The molecule has 88 valence electrons. The maximum atomic E-state index is 11.7. The fourth-order valence-corrected chi connectivity index (χ4v) is 2.70. The quantitative estimate of drug-likeness (QED) is 0.915. The molecule has 6 heteroatoms. The van der Waals surface area contributed by atoms with Gasteiger partial charge in [0.15, 0.2) is 5.69 Å². The maximum absolute atomic E-state index is 11.7. The maximum Gasteiger partial charge on any atom is 0.274 e. The van der Waals surface area contributed by atoms with Gasteiger partial charge in [-0.05, 0) is 39.5 Å². The molecule has 2 aromatic heterocycles. The minimum atomic E-state index is -0.386. The summed E-state index contributed by atoms with van der Waals surface area (Å²) in [6.45, 7) is 0.410. The van der Waals surface area contributed by atoms with Gasteiger partial charge in [-0.3, -0.25) is 4.79 Å². The second-order valence-corrected chi connectivity index (χ2v) is 5.10. The van der Waals surface area contributed by atoms with E-state index in [0.717, 1.165) is 9.35 Å². The first-order valence-corrected chi connectivity index (χ1v) is 6.50. The van der Waals surface area contributed by atoms with Gasteiger partial charge >= 0.3 is 0 Å². The molecule has 0 aliphatic rings. The number of thiophene rings is 1. The fraction of sp³-hybridized carbons (Fsp3) is 0.0909. The average Bonchev–Trinajstić information content (AvgIpc) is 2.72. The van der Waals surface area contributed by atoms with Crippen molar-refractivity contribution in [1.29, 1.82) is 0 Å². The summed E-state index contributed by atoms with van der Waals surface area (Å²) in [5.74, 6) is -0.501. The van der Waals surface area contributed by atoms with Crippen molar-refractivity contribution in [3.63, 3.8) is 0 Å². The normalized spacial score (nSPS) is 10.2. The highest BCUT2D eigenvalue weighted by Crippen LogP contribution is 2.22. The molecule has 1 amide bonds. The molecule has 0 atom stereocenters. The molecule has 2 heterocycles. The van der Waals surface area contributed by atoms with E-state index in [0.29, 0.717) is 6.54 Å². The molecular formula is C11H9BrN2O2S. The minimum absolute atomic E-state index is 0.0418. The van der Waals surface area contributed by atoms with Gasteiger partial charge in [0.05, 0.1) is 6.54 Å². The van der Waals surface area contributed by atoms with Gasteiger partial charge in [0.1, 0.15) is 5.75 Å². The van der Waals surface area contributed by atoms with Crippen LogP contribution in [-0.2, 0) is 6.54 Å². The number of hydrogen-bond donors (Lipinski definition) is 2. The molecule has 0 fully saturated rings. The number of pyridine rings is 1. The number of carbonyl (C=O) groups excluding carboxylic acids is 1. The number of nitrogens with zero attached hydrogens (tertiary/aromatic N) is 1. The first-order chi connectivity index (χ1) is 8.18. The molecule has 2 aromatic rings. The van der Waals surface area contributed by atoms with E-state index < -0.39 is 0 Å². The van der Waals surface area contributed by atoms with Crippen molar-refractivity contribution in [3.8, 4) is 5.75 Å². The molecule has 0 spiro atoms. The number of carbonyl (C=O) groups is 1. The predicted molar refractivity (Wildman–Crippen MR) is 69.1 cm³/mol. The molecule has 0 unspecified atom stereocenters. The van der Waals surface area contributed by atoms with Crippen molar-refractivity contribution in [3.05, 3.63) is 44.8 Å². The van der Waals surface area contributed by atoms with Gasteiger partial charge < -0.3 is 10.4 Å². The third-order valence-electron chi connectivity index (χ3n) is 2.10. The zero-order valence-corrected chi connectivity index (χ0v) is 11.1. The Labute approximate surface area is 110 Å². The van der Waals surface area contributed by atoms with Crippen molar-refractivity contribution in [2.45, 2.75) is 6.54 Å². The number of amides is 1. The van der Waals surface area contributed by atoms with E-state index in [-0.39, 0.29) is 17.4 Å². The van der Waals surface area contributed by atoms with E-state index in [1.54, 1.807) is 17.4 Å². The van der Waals surface area contributed by atoms with Crippen LogP contribution in [0.2, 0.25) is 0 Å². The Bertz CT molecular complexity index is 542. The second kappa shape index (κ2) is 5.29. The molecule has 0 saturated carbocycles. The van der Waals surface area contributed by atoms with Gasteiger partial charge in [0, 0.05) is 15.5 Å². The van der Waals surface area contributed by atoms with E-state index in [4.69, 9.17) is 0 Å². The lowest BCUT2D eigenvalue weighted by atomic mass is 10.3. The molecule has 0 radical (unpaired) electrons.